The summed E-state index contributed by atoms with van der Waals surface area (Å²) in [6.45, 7) is 1.90. The third-order valence-corrected chi connectivity index (χ3v) is 5.24. The van der Waals surface area contributed by atoms with E-state index in [1.165, 1.54) is 6.07 Å². The number of hydrogen-bond acceptors (Lipinski definition) is 3. The van der Waals surface area contributed by atoms with Gasteiger partial charge < -0.3 is 0 Å². The molecule has 0 N–H and O–H groups in total. The van der Waals surface area contributed by atoms with Crippen LogP contribution in [0.1, 0.15) is 31.7 Å². The quantitative estimate of drug-likeness (QED) is 0.840. The van der Waals surface area contributed by atoms with Crippen LogP contribution in [0.25, 0.3) is 0 Å². The second kappa shape index (κ2) is 6.18. The highest BCUT2D eigenvalue weighted by molar-refractivity contribution is 7.99. The summed E-state index contributed by atoms with van der Waals surface area (Å²) < 4.78 is 14.0. The lowest BCUT2D eigenvalue weighted by Crippen LogP contribution is -2.46. The number of halogens is 1. The molecule has 1 amide bonds. The molecular formula is C16H19FN2OS. The first kappa shape index (κ1) is 14.6. The van der Waals surface area contributed by atoms with E-state index in [1.54, 1.807) is 17.1 Å². The molecule has 0 aliphatic carbocycles. The molecule has 0 radical (unpaired) electrons. The van der Waals surface area contributed by atoms with E-state index in [9.17, 15) is 9.18 Å². The van der Waals surface area contributed by atoms with E-state index in [-0.39, 0.29) is 23.7 Å². The maximum Gasteiger partial charge on any atom is 0.246 e. The van der Waals surface area contributed by atoms with Crippen LogP contribution in [-0.2, 0) is 4.79 Å². The fourth-order valence-electron chi connectivity index (χ4n) is 2.86. The van der Waals surface area contributed by atoms with Gasteiger partial charge in [-0.3, -0.25) is 4.79 Å². The van der Waals surface area contributed by atoms with Gasteiger partial charge >= 0.3 is 0 Å². The number of rotatable bonds is 2. The largest absolute Gasteiger partial charge is 0.273 e. The minimum absolute atomic E-state index is 0.0718. The second-order valence-electron chi connectivity index (χ2n) is 5.69. The van der Waals surface area contributed by atoms with Gasteiger partial charge in [-0.1, -0.05) is 25.1 Å². The summed E-state index contributed by atoms with van der Waals surface area (Å²) in [5, 5.41) is 6.14. The van der Waals surface area contributed by atoms with E-state index in [0.29, 0.717) is 17.7 Å². The van der Waals surface area contributed by atoms with E-state index in [1.807, 2.05) is 24.8 Å². The molecule has 2 unspecified atom stereocenters. The number of hydrazone groups is 1. The highest BCUT2D eigenvalue weighted by atomic mass is 32.2. The van der Waals surface area contributed by atoms with Crippen LogP contribution in [0.15, 0.2) is 29.4 Å². The van der Waals surface area contributed by atoms with Crippen LogP contribution in [-0.4, -0.2) is 34.2 Å². The van der Waals surface area contributed by atoms with Gasteiger partial charge in [-0.15, -0.1) is 0 Å². The van der Waals surface area contributed by atoms with E-state index in [2.05, 4.69) is 5.10 Å². The molecule has 2 atom stereocenters. The van der Waals surface area contributed by atoms with Gasteiger partial charge in [-0.2, -0.15) is 16.9 Å². The lowest BCUT2D eigenvalue weighted by molar-refractivity contribution is -0.137. The summed E-state index contributed by atoms with van der Waals surface area (Å²) in [5.74, 6) is 1.74. The summed E-state index contributed by atoms with van der Waals surface area (Å²) in [5.41, 5.74) is 1.21. The van der Waals surface area contributed by atoms with E-state index >= 15 is 0 Å². The molecule has 2 aliphatic heterocycles. The molecule has 21 heavy (non-hydrogen) atoms. The predicted molar refractivity (Wildman–Crippen MR) is 83.9 cm³/mol. The number of carbonyl (C=O) groups excluding carboxylic acids is 1. The van der Waals surface area contributed by atoms with Crippen LogP contribution in [0.4, 0.5) is 4.39 Å². The zero-order valence-corrected chi connectivity index (χ0v) is 12.9. The van der Waals surface area contributed by atoms with Gasteiger partial charge in [0.05, 0.1) is 11.8 Å². The summed E-state index contributed by atoms with van der Waals surface area (Å²) in [4.78, 5) is 12.4. The first-order valence-electron chi connectivity index (χ1n) is 7.40. The van der Waals surface area contributed by atoms with Crippen molar-refractivity contribution in [2.75, 3.05) is 11.5 Å². The first-order valence-corrected chi connectivity index (χ1v) is 8.55. The molecule has 1 fully saturated rings. The highest BCUT2D eigenvalue weighted by Crippen LogP contribution is 2.28. The van der Waals surface area contributed by atoms with Crippen LogP contribution in [0.3, 0.4) is 0 Å². The molecular weight excluding hydrogens is 287 g/mol. The van der Waals surface area contributed by atoms with Gasteiger partial charge in [0.1, 0.15) is 5.82 Å². The Balaban J connectivity index is 1.93. The topological polar surface area (TPSA) is 32.7 Å². The molecule has 112 valence electrons. The number of hydrogen-bond donors (Lipinski definition) is 0. The van der Waals surface area contributed by atoms with E-state index in [0.717, 1.165) is 24.3 Å². The van der Waals surface area contributed by atoms with Crippen molar-refractivity contribution in [3.8, 4) is 0 Å². The smallest absolute Gasteiger partial charge is 0.246 e. The summed E-state index contributed by atoms with van der Waals surface area (Å²) in [6, 6.07) is 6.82. The number of thioether (sulfide) groups is 1. The Morgan fingerprint density at radius 1 is 1.38 bits per heavy atom. The fraction of sp³-hybridized carbons (Fsp3) is 0.500. The van der Waals surface area contributed by atoms with Crippen molar-refractivity contribution in [3.63, 3.8) is 0 Å². The monoisotopic (exact) mass is 306 g/mol. The molecule has 3 nitrogen and oxygen atoms in total. The standard InChI is InChI=1S/C16H19FN2OS/c1-11-9-15(13-6-2-3-7-14(13)17)18-19(16(11)20)12-5-4-8-21-10-12/h2-3,6-7,11-12H,4-5,8-10H2,1H3. The van der Waals surface area contributed by atoms with Crippen molar-refractivity contribution in [1.82, 2.24) is 5.01 Å². The third kappa shape index (κ3) is 2.98. The summed E-state index contributed by atoms with van der Waals surface area (Å²) in [7, 11) is 0. The van der Waals surface area contributed by atoms with Crippen molar-refractivity contribution >= 4 is 23.4 Å². The highest BCUT2D eigenvalue weighted by Gasteiger charge is 2.34. The van der Waals surface area contributed by atoms with Crippen molar-refractivity contribution in [3.05, 3.63) is 35.6 Å². The maximum atomic E-state index is 14.0. The van der Waals surface area contributed by atoms with Crippen molar-refractivity contribution < 1.29 is 9.18 Å². The lowest BCUT2D eigenvalue weighted by Gasteiger charge is -2.35. The molecule has 0 saturated carbocycles. The Morgan fingerprint density at radius 3 is 2.90 bits per heavy atom. The van der Waals surface area contributed by atoms with Gasteiger partial charge in [0.15, 0.2) is 0 Å². The van der Waals surface area contributed by atoms with Crippen molar-refractivity contribution in [2.24, 2.45) is 11.0 Å². The Morgan fingerprint density at radius 2 is 2.19 bits per heavy atom. The van der Waals surface area contributed by atoms with Crippen LogP contribution in [0, 0.1) is 11.7 Å². The molecule has 2 heterocycles. The zero-order valence-electron chi connectivity index (χ0n) is 12.1. The average molecular weight is 306 g/mol. The Kier molecular flexibility index (Phi) is 4.29. The fourth-order valence-corrected chi connectivity index (χ4v) is 3.98. The molecule has 0 spiro atoms. The van der Waals surface area contributed by atoms with Gasteiger partial charge in [0.25, 0.3) is 0 Å². The van der Waals surface area contributed by atoms with E-state index in [4.69, 9.17) is 0 Å². The molecule has 5 heteroatoms. The van der Waals surface area contributed by atoms with E-state index < -0.39 is 0 Å². The Hall–Kier alpha value is -1.36. The predicted octanol–water partition coefficient (Wildman–Crippen LogP) is 3.29. The van der Waals surface area contributed by atoms with Crippen LogP contribution < -0.4 is 0 Å². The summed E-state index contributed by atoms with van der Waals surface area (Å²) in [6.07, 6.45) is 2.60. The molecule has 3 rings (SSSR count). The molecule has 2 aliphatic rings. The molecule has 0 aromatic heterocycles. The Labute approximate surface area is 128 Å². The zero-order chi connectivity index (χ0) is 14.8. The van der Waals surface area contributed by atoms with Gasteiger partial charge in [-0.25, -0.2) is 9.40 Å². The first-order chi connectivity index (χ1) is 10.2. The summed E-state index contributed by atoms with van der Waals surface area (Å²) >= 11 is 1.86. The number of benzene rings is 1. The Bertz CT molecular complexity index is 569. The SMILES string of the molecule is CC1CC(c2ccccc2F)=NN(C2CCCSC2)C1=O. The average Bonchev–Trinajstić information content (AvgIpc) is 2.51. The molecule has 1 saturated heterocycles. The van der Waals surface area contributed by atoms with Crippen LogP contribution in [0.5, 0.6) is 0 Å². The number of carbonyl (C=O) groups is 1. The number of amides is 1. The van der Waals surface area contributed by atoms with Gasteiger partial charge in [0, 0.05) is 23.7 Å². The third-order valence-electron chi connectivity index (χ3n) is 4.04. The minimum Gasteiger partial charge on any atom is -0.273 e. The maximum absolute atomic E-state index is 14.0. The van der Waals surface area contributed by atoms with Gasteiger partial charge in [0.2, 0.25) is 5.91 Å². The normalized spacial score (nSPS) is 26.7. The molecule has 1 aromatic carbocycles. The van der Waals surface area contributed by atoms with Crippen LogP contribution >= 0.6 is 11.8 Å². The van der Waals surface area contributed by atoms with Gasteiger partial charge in [-0.05, 0) is 24.7 Å². The van der Waals surface area contributed by atoms with Crippen LogP contribution in [0.2, 0.25) is 0 Å². The number of nitrogens with zero attached hydrogens (tertiary/aromatic N) is 2. The second-order valence-corrected chi connectivity index (χ2v) is 6.84. The van der Waals surface area contributed by atoms with Crippen molar-refractivity contribution in [2.45, 2.75) is 32.2 Å². The van der Waals surface area contributed by atoms with Crippen molar-refractivity contribution in [1.29, 1.82) is 0 Å². The molecule has 1 aromatic rings. The minimum atomic E-state index is -0.268. The molecule has 0 bridgehead atoms. The lowest BCUT2D eigenvalue weighted by atomic mass is 9.95.